The van der Waals surface area contributed by atoms with Crippen LogP contribution < -0.4 is 29.6 Å². The minimum atomic E-state index is -1.10. The Kier molecular flexibility index (Phi) is 14.6. The Morgan fingerprint density at radius 3 is 1.40 bits per heavy atom. The topological polar surface area (TPSA) is 200 Å². The van der Waals surface area contributed by atoms with E-state index >= 15 is 0 Å². The second-order valence-electron chi connectivity index (χ2n) is 12.7. The maximum absolute atomic E-state index is 13.2. The van der Waals surface area contributed by atoms with Gasteiger partial charge in [0, 0.05) is 39.8 Å². The summed E-state index contributed by atoms with van der Waals surface area (Å²) in [5.74, 6) is -0.902. The molecular formula is C39H46N2O14. The summed E-state index contributed by atoms with van der Waals surface area (Å²) in [5.41, 5.74) is 2.20. The summed E-state index contributed by atoms with van der Waals surface area (Å²) in [6, 6.07) is 6.93. The summed E-state index contributed by atoms with van der Waals surface area (Å²) in [7, 11) is 0. The van der Waals surface area contributed by atoms with Crippen molar-refractivity contribution in [3.8, 4) is 23.0 Å². The Hall–Kier alpha value is -6.06. The number of aryl methyl sites for hydroxylation is 2. The Morgan fingerprint density at radius 1 is 0.636 bits per heavy atom. The Bertz CT molecular complexity index is 1700. The smallest absolute Gasteiger partial charge is 0.407 e. The van der Waals surface area contributed by atoms with Gasteiger partial charge in [0.1, 0.15) is 62.6 Å². The van der Waals surface area contributed by atoms with E-state index in [1.807, 2.05) is 26.0 Å². The third-order valence-corrected chi connectivity index (χ3v) is 8.51. The number of carbonyl (C=O) groups is 6. The van der Waals surface area contributed by atoms with Gasteiger partial charge in [-0.15, -0.1) is 0 Å². The Morgan fingerprint density at radius 2 is 1.04 bits per heavy atom. The van der Waals surface area contributed by atoms with Gasteiger partial charge in [-0.3, -0.25) is 9.59 Å². The molecule has 2 aromatic rings. The second-order valence-corrected chi connectivity index (χ2v) is 12.7. The fourth-order valence-electron chi connectivity index (χ4n) is 5.86. The van der Waals surface area contributed by atoms with Crippen LogP contribution in [0.5, 0.6) is 23.0 Å². The van der Waals surface area contributed by atoms with Gasteiger partial charge >= 0.3 is 36.1 Å². The van der Waals surface area contributed by atoms with Gasteiger partial charge in [0.25, 0.3) is 0 Å². The lowest BCUT2D eigenvalue weighted by molar-refractivity contribution is -0.141. The Labute approximate surface area is 318 Å². The highest BCUT2D eigenvalue weighted by Gasteiger charge is 2.50. The number of rotatable bonds is 18. The van der Waals surface area contributed by atoms with E-state index in [0.29, 0.717) is 35.5 Å². The molecule has 16 heteroatoms. The van der Waals surface area contributed by atoms with Crippen molar-refractivity contribution in [2.75, 3.05) is 52.7 Å². The summed E-state index contributed by atoms with van der Waals surface area (Å²) in [5, 5.41) is 4.94. The lowest BCUT2D eigenvalue weighted by atomic mass is 9.66. The first-order valence-corrected chi connectivity index (χ1v) is 17.8. The van der Waals surface area contributed by atoms with Crippen LogP contribution in [0.2, 0.25) is 0 Å². The van der Waals surface area contributed by atoms with Crippen LogP contribution in [0.4, 0.5) is 9.59 Å². The van der Waals surface area contributed by atoms with E-state index in [2.05, 4.69) is 23.8 Å². The van der Waals surface area contributed by atoms with Gasteiger partial charge in [0.2, 0.25) is 0 Å². The first kappa shape index (κ1) is 41.7. The van der Waals surface area contributed by atoms with Gasteiger partial charge in [-0.1, -0.05) is 27.0 Å². The van der Waals surface area contributed by atoms with E-state index < -0.39 is 41.5 Å². The first-order chi connectivity index (χ1) is 26.3. The zero-order valence-corrected chi connectivity index (χ0v) is 31.4. The highest BCUT2D eigenvalue weighted by atomic mass is 16.6. The molecule has 0 unspecified atom stereocenters. The molecule has 0 bridgehead atoms. The maximum atomic E-state index is 13.2. The molecule has 0 atom stereocenters. The van der Waals surface area contributed by atoms with Gasteiger partial charge in [-0.05, 0) is 49.9 Å². The molecule has 0 aliphatic carbocycles. The number of fused-ring (bicyclic) bond motifs is 4. The average Bonchev–Trinajstić information content (AvgIpc) is 3.14. The summed E-state index contributed by atoms with van der Waals surface area (Å²) in [4.78, 5) is 73.3. The van der Waals surface area contributed by atoms with Crippen LogP contribution in [0.25, 0.3) is 0 Å². The number of hydrogen-bond donors (Lipinski definition) is 2. The zero-order valence-electron chi connectivity index (χ0n) is 31.4. The number of hydrogen-bond acceptors (Lipinski definition) is 14. The fraction of sp³-hybridized carbons (Fsp3) is 0.436. The monoisotopic (exact) mass is 766 g/mol. The number of amides is 2. The number of ether oxygens (including phenoxy) is 8. The van der Waals surface area contributed by atoms with Crippen LogP contribution in [0.15, 0.2) is 48.6 Å². The maximum Gasteiger partial charge on any atom is 0.407 e. The molecule has 1 spiro atoms. The molecule has 0 saturated carbocycles. The summed E-state index contributed by atoms with van der Waals surface area (Å²) in [6.45, 7) is 13.7. The minimum Gasteiger partial charge on any atom is -0.490 e. The van der Waals surface area contributed by atoms with Crippen LogP contribution in [0.1, 0.15) is 62.8 Å². The quantitative estimate of drug-likeness (QED) is 0.0720. The van der Waals surface area contributed by atoms with E-state index in [9.17, 15) is 28.8 Å². The van der Waals surface area contributed by atoms with Crippen molar-refractivity contribution in [2.24, 2.45) is 0 Å². The molecule has 0 fully saturated rings. The molecule has 2 aromatic carbocycles. The van der Waals surface area contributed by atoms with Crippen molar-refractivity contribution in [2.45, 2.75) is 58.8 Å². The lowest BCUT2D eigenvalue weighted by Gasteiger charge is -2.41. The number of alkyl carbamates (subject to hydrolysis) is 2. The molecule has 0 aromatic heterocycles. The number of esters is 4. The van der Waals surface area contributed by atoms with Gasteiger partial charge in [0.05, 0.1) is 25.9 Å². The van der Waals surface area contributed by atoms with Crippen molar-refractivity contribution in [1.29, 1.82) is 0 Å². The van der Waals surface area contributed by atoms with Gasteiger partial charge in [-0.2, -0.15) is 0 Å². The van der Waals surface area contributed by atoms with Crippen LogP contribution >= 0.6 is 0 Å². The van der Waals surface area contributed by atoms with Crippen LogP contribution in [0, 0.1) is 0 Å². The van der Waals surface area contributed by atoms with Crippen LogP contribution in [-0.4, -0.2) is 88.8 Å². The third kappa shape index (κ3) is 11.0. The molecule has 0 radical (unpaired) electrons. The van der Waals surface area contributed by atoms with Crippen LogP contribution in [0.3, 0.4) is 0 Å². The van der Waals surface area contributed by atoms with Gasteiger partial charge in [0.15, 0.2) is 0 Å². The third-order valence-electron chi connectivity index (χ3n) is 8.51. The average molecular weight is 767 g/mol. The van der Waals surface area contributed by atoms with Crippen molar-refractivity contribution in [1.82, 2.24) is 10.6 Å². The summed E-state index contributed by atoms with van der Waals surface area (Å²) >= 11 is 0. The first-order valence-electron chi connectivity index (χ1n) is 17.8. The molecule has 2 N–H and O–H groups in total. The second kappa shape index (κ2) is 19.3. The molecule has 4 rings (SSSR count). The summed E-state index contributed by atoms with van der Waals surface area (Å²) in [6.07, 6.45) is -0.599. The zero-order chi connectivity index (χ0) is 40.1. The van der Waals surface area contributed by atoms with Crippen LogP contribution in [-0.2, 0) is 56.4 Å². The van der Waals surface area contributed by atoms with Crippen molar-refractivity contribution >= 4 is 36.1 Å². The molecule has 0 saturated heterocycles. The predicted molar refractivity (Wildman–Crippen MR) is 194 cm³/mol. The van der Waals surface area contributed by atoms with E-state index in [0.717, 1.165) is 11.1 Å². The summed E-state index contributed by atoms with van der Waals surface area (Å²) < 4.78 is 43.4. The molecule has 16 nitrogen and oxygen atoms in total. The van der Waals surface area contributed by atoms with Crippen molar-refractivity contribution in [3.05, 3.63) is 70.8 Å². The molecule has 2 amide bonds. The molecule has 55 heavy (non-hydrogen) atoms. The largest absolute Gasteiger partial charge is 0.490 e. The SMILES string of the molecule is C=C(C)C(=O)OCCNC(=O)OCCOc1cc2c(cc1CC)C1(CC(=O)O2)CC(=O)Oc2cc(OCCOC(=O)NCCOC(=O)C(=C)C)c(CC)cc21. The van der Waals surface area contributed by atoms with Crippen molar-refractivity contribution < 1.29 is 66.7 Å². The van der Waals surface area contributed by atoms with E-state index in [1.165, 1.54) is 13.8 Å². The minimum absolute atomic E-state index is 0.0105. The van der Waals surface area contributed by atoms with E-state index in [1.54, 1.807) is 12.1 Å². The van der Waals surface area contributed by atoms with E-state index in [-0.39, 0.29) is 88.2 Å². The fourth-order valence-corrected chi connectivity index (χ4v) is 5.86. The molecule has 2 aliphatic rings. The predicted octanol–water partition coefficient (Wildman–Crippen LogP) is 4.16. The lowest BCUT2D eigenvalue weighted by Crippen LogP contribution is -2.43. The molecule has 296 valence electrons. The number of carbonyl (C=O) groups excluding carboxylic acids is 6. The highest BCUT2D eigenvalue weighted by Crippen LogP contribution is 2.54. The van der Waals surface area contributed by atoms with E-state index in [4.69, 9.17) is 37.9 Å². The highest BCUT2D eigenvalue weighted by molar-refractivity contribution is 5.88. The standard InChI is InChI=1S/C39H46N2O14/c1-7-25-17-27-31(19-29(25)48-13-15-52-37(46)40-9-11-50-35(44)23(3)4)54-33(42)21-39(27)22-34(43)55-32-20-30(26(8-2)18-28(32)39)49-14-16-53-38(47)41-10-12-51-36(45)24(5)6/h17-20H,3,5,7-16,21-22H2,1-2,4,6H3,(H,40,46)(H,41,47). The normalized spacial score (nSPS) is 13.5. The Balaban J connectivity index is 1.42. The number of benzene rings is 2. The van der Waals surface area contributed by atoms with Gasteiger partial charge < -0.3 is 48.5 Å². The molecule has 2 heterocycles. The van der Waals surface area contributed by atoms with Gasteiger partial charge in [-0.25, -0.2) is 19.2 Å². The number of nitrogens with one attached hydrogen (secondary N) is 2. The van der Waals surface area contributed by atoms with Crippen molar-refractivity contribution in [3.63, 3.8) is 0 Å². The molecule has 2 aliphatic heterocycles. The molecular weight excluding hydrogens is 720 g/mol.